The number of carboxylic acid groups (broad SMARTS) is 1. The van der Waals surface area contributed by atoms with Crippen LogP contribution >= 0.6 is 36.2 Å². The number of carboxylic acids is 1. The molecule has 3 aliphatic rings. The van der Waals surface area contributed by atoms with Crippen LogP contribution in [0.2, 0.25) is 0 Å². The van der Waals surface area contributed by atoms with Crippen molar-refractivity contribution in [2.45, 2.75) is 118 Å². The van der Waals surface area contributed by atoms with Crippen LogP contribution in [0.3, 0.4) is 0 Å². The molecule has 3 heterocycles. The van der Waals surface area contributed by atoms with Crippen LogP contribution in [-0.2, 0) is 57.9 Å². The fourth-order valence-electron chi connectivity index (χ4n) is 12.0. The number of methoxy groups -OCH3 is 7. The number of thioether (sulfide) groups is 2. The number of aliphatic carboxylic acids is 1. The van der Waals surface area contributed by atoms with Crippen molar-refractivity contribution in [2.75, 3.05) is 49.8 Å². The van der Waals surface area contributed by atoms with Crippen LogP contribution in [0.25, 0.3) is 0 Å². The first-order chi connectivity index (χ1) is 52.5. The second kappa shape index (κ2) is 41.7. The molecule has 4 atom stereocenters. The quantitative estimate of drug-likeness (QED) is 0.0278. The Bertz CT molecular complexity index is 4720. The van der Waals surface area contributed by atoms with Gasteiger partial charge in [0.1, 0.15) is 23.5 Å². The smallest absolute Gasteiger partial charge is 0.338 e. The van der Waals surface area contributed by atoms with Crippen LogP contribution in [0.15, 0.2) is 209 Å². The maximum Gasteiger partial charge on any atom is 0.338 e. The fraction of sp³-hybridized carbons (Fsp3) is 0.267. The van der Waals surface area contributed by atoms with Crippen LogP contribution in [0.1, 0.15) is 104 Å². The predicted molar refractivity (Wildman–Crippen MR) is 426 cm³/mol. The van der Waals surface area contributed by atoms with Crippen molar-refractivity contribution in [3.05, 3.63) is 278 Å². The molecule has 3 aliphatic heterocycles. The summed E-state index contributed by atoms with van der Waals surface area (Å²) >= 11 is 6.58. The Balaban J connectivity index is 0.000000236. The van der Waals surface area contributed by atoms with E-state index in [1.807, 2.05) is 162 Å². The average molecular weight is 1580 g/mol. The predicted octanol–water partition coefficient (Wildman–Crippen LogP) is 16.8. The molecule has 0 saturated carbocycles. The van der Waals surface area contributed by atoms with Crippen molar-refractivity contribution in [3.63, 3.8) is 0 Å². The number of amides is 2. The lowest BCUT2D eigenvalue weighted by atomic mass is 9.92. The zero-order valence-electron chi connectivity index (χ0n) is 63.2. The first-order valence-electron chi connectivity index (χ1n) is 34.2. The number of likely N-dealkylation sites (tertiary alicyclic amines) is 2. The number of rotatable bonds is 20. The fourth-order valence-corrected chi connectivity index (χ4v) is 14.9. The molecule has 0 spiro atoms. The SMILES string of the molecule is C.COC(=O)[C@@]1(Sc2ccc(C)cc2)CC(=O)N(Cc2ccc(OC)cc2C)C1c1ccc(F)c(OC)c1.COc1cc(C)ccc1CN.COc1cc(C=O)ccc1F.COc1ccc(CN2C(=O)C[C@](Sc3ccc(C)cc3)(C(=O)O)C2c2ccc(F)c(OC)c2)c(C)c1.Cc1ccc(S)cc1.O=C1C=CC(=O)O1. The van der Waals surface area contributed by atoms with Crippen molar-refractivity contribution in [3.8, 4) is 34.5 Å². The third-order valence-electron chi connectivity index (χ3n) is 17.8. The molecule has 586 valence electrons. The summed E-state index contributed by atoms with van der Waals surface area (Å²) in [5, 5.41) is 10.6. The molecular formula is C86H92F3N3O16S3. The van der Waals surface area contributed by atoms with Gasteiger partial charge in [-0.25, -0.2) is 22.8 Å². The molecule has 0 aliphatic carbocycles. The van der Waals surface area contributed by atoms with E-state index in [-0.39, 0.29) is 62.4 Å². The first-order valence-corrected chi connectivity index (χ1v) is 36.3. The van der Waals surface area contributed by atoms with Gasteiger partial charge in [-0.1, -0.05) is 96.9 Å². The molecule has 19 nitrogen and oxygen atoms in total. The molecular weight excluding hydrogens is 1480 g/mol. The lowest BCUT2D eigenvalue weighted by molar-refractivity contribution is -0.150. The van der Waals surface area contributed by atoms with Crippen LogP contribution in [0.5, 0.6) is 34.5 Å². The van der Waals surface area contributed by atoms with E-state index < -0.39 is 62.9 Å². The highest BCUT2D eigenvalue weighted by Gasteiger charge is 2.60. The van der Waals surface area contributed by atoms with Crippen molar-refractivity contribution in [1.82, 2.24) is 9.80 Å². The van der Waals surface area contributed by atoms with Gasteiger partial charge < -0.3 is 58.5 Å². The largest absolute Gasteiger partial charge is 0.497 e. The monoisotopic (exact) mass is 1580 g/mol. The third-order valence-corrected chi connectivity index (χ3v) is 21.0. The lowest BCUT2D eigenvalue weighted by Crippen LogP contribution is -2.42. The number of thiol groups is 1. The van der Waals surface area contributed by atoms with Gasteiger partial charge in [0, 0.05) is 57.6 Å². The van der Waals surface area contributed by atoms with E-state index in [4.69, 9.17) is 34.2 Å². The normalized spacial score (nSPS) is 16.3. The molecule has 2 saturated heterocycles. The summed E-state index contributed by atoms with van der Waals surface area (Å²) in [5.74, 6) is -2.41. The summed E-state index contributed by atoms with van der Waals surface area (Å²) in [4.78, 5) is 89.6. The molecule has 2 amide bonds. The number of aldehydes is 1. The zero-order chi connectivity index (χ0) is 80.6. The minimum Gasteiger partial charge on any atom is -0.497 e. The Morgan fingerprint density at radius 3 is 1.26 bits per heavy atom. The van der Waals surface area contributed by atoms with Crippen LogP contribution in [-0.4, -0.2) is 116 Å². The number of aryl methyl sites for hydroxylation is 6. The molecule has 9 aromatic carbocycles. The molecule has 25 heteroatoms. The van der Waals surface area contributed by atoms with E-state index in [0.29, 0.717) is 41.0 Å². The third kappa shape index (κ3) is 23.3. The summed E-state index contributed by atoms with van der Waals surface area (Å²) in [6, 6.07) is 51.6. The van der Waals surface area contributed by atoms with E-state index in [1.165, 1.54) is 93.8 Å². The van der Waals surface area contributed by atoms with Crippen molar-refractivity contribution in [2.24, 2.45) is 5.73 Å². The van der Waals surface area contributed by atoms with Gasteiger partial charge in [0.25, 0.3) is 0 Å². The number of hydrogen-bond acceptors (Lipinski definition) is 19. The van der Waals surface area contributed by atoms with E-state index >= 15 is 0 Å². The maximum atomic E-state index is 14.4. The summed E-state index contributed by atoms with van der Waals surface area (Å²) < 4.78 is 78.6. The van der Waals surface area contributed by atoms with E-state index in [2.05, 4.69) is 29.0 Å². The summed E-state index contributed by atoms with van der Waals surface area (Å²) in [5.41, 5.74) is 16.3. The Labute approximate surface area is 659 Å². The minimum atomic E-state index is -1.53. The van der Waals surface area contributed by atoms with Gasteiger partial charge in [-0.15, -0.1) is 36.2 Å². The first kappa shape index (κ1) is 88.9. The molecule has 12 rings (SSSR count). The second-order valence-electron chi connectivity index (χ2n) is 25.4. The Hall–Kier alpha value is -11.0. The topological polar surface area (TPSA) is 246 Å². The number of hydrogen-bond donors (Lipinski definition) is 3. The number of carbonyl (C=O) groups is 7. The molecule has 9 aromatic rings. The molecule has 0 radical (unpaired) electrons. The Morgan fingerprint density at radius 2 is 0.892 bits per heavy atom. The van der Waals surface area contributed by atoms with Gasteiger partial charge in [0.05, 0.1) is 74.7 Å². The number of ether oxygens (including phenoxy) is 8. The molecule has 2 unspecified atom stereocenters. The van der Waals surface area contributed by atoms with Gasteiger partial charge in [0.2, 0.25) is 11.8 Å². The molecule has 3 N–H and O–H groups in total. The van der Waals surface area contributed by atoms with Crippen molar-refractivity contribution >= 4 is 78.1 Å². The minimum absolute atomic E-state index is 0. The van der Waals surface area contributed by atoms with E-state index in [1.54, 1.807) is 43.3 Å². The zero-order valence-corrected chi connectivity index (χ0v) is 65.7. The number of carbonyl (C=O) groups excluding carboxylic acids is 6. The van der Waals surface area contributed by atoms with Gasteiger partial charge in [-0.2, -0.15) is 0 Å². The van der Waals surface area contributed by atoms with E-state index in [0.717, 1.165) is 83.3 Å². The highest BCUT2D eigenvalue weighted by atomic mass is 32.2. The average Bonchev–Trinajstić information content (AvgIpc) is 1.60. The van der Waals surface area contributed by atoms with Crippen LogP contribution in [0, 0.1) is 59.0 Å². The van der Waals surface area contributed by atoms with Crippen molar-refractivity contribution in [1.29, 1.82) is 0 Å². The van der Waals surface area contributed by atoms with Gasteiger partial charge >= 0.3 is 23.9 Å². The van der Waals surface area contributed by atoms with Gasteiger partial charge in [-0.3, -0.25) is 24.0 Å². The highest BCUT2D eigenvalue weighted by Crippen LogP contribution is 2.56. The number of cyclic esters (lactones) is 2. The number of nitrogens with two attached hydrogens (primary N) is 1. The molecule has 0 aromatic heterocycles. The summed E-state index contributed by atoms with van der Waals surface area (Å²) in [7, 11) is 10.3. The second-order valence-corrected chi connectivity index (χ2v) is 28.7. The van der Waals surface area contributed by atoms with Gasteiger partial charge in [0.15, 0.2) is 44.2 Å². The Kier molecular flexibility index (Phi) is 33.4. The summed E-state index contributed by atoms with van der Waals surface area (Å²) in [6.07, 6.45) is 2.53. The lowest BCUT2D eigenvalue weighted by Gasteiger charge is -2.36. The van der Waals surface area contributed by atoms with Crippen LogP contribution in [0.4, 0.5) is 13.2 Å². The van der Waals surface area contributed by atoms with Gasteiger partial charge in [-0.05, 0) is 190 Å². The van der Waals surface area contributed by atoms with Crippen LogP contribution < -0.4 is 34.2 Å². The Morgan fingerprint density at radius 1 is 0.505 bits per heavy atom. The highest BCUT2D eigenvalue weighted by molar-refractivity contribution is 8.01. The summed E-state index contributed by atoms with van der Waals surface area (Å²) in [6.45, 7) is 12.9. The molecule has 2 fully saturated rings. The number of esters is 3. The molecule has 111 heavy (non-hydrogen) atoms. The van der Waals surface area contributed by atoms with Crippen molar-refractivity contribution < 1.29 is 89.7 Å². The number of nitrogens with zero attached hydrogens (tertiary/aromatic N) is 2. The van der Waals surface area contributed by atoms with E-state index in [9.17, 15) is 51.8 Å². The molecule has 0 bridgehead atoms. The standard InChI is InChI=1S/C29H30FNO5S.C28H28FNO5S.C9H13NO.C8H7FO2.C7H8S.C4H2O3.CH4/c1-18-6-11-23(12-7-18)37-29(28(33)36-5)16-26(32)31(17-21-8-10-22(34-3)14-19(21)2)27(29)20-9-13-24(30)25(15-20)35-4;1-17-5-10-22(11-6-17)36-28(27(32)33)15-25(31)30(16-20-7-9-21(34-3)13-18(20)2)26(28)19-8-12-23(29)24(14-19)35-4;1-7-3-4-8(6-10)9(5-7)11-2;1-11-8-4-6(5-10)2-3-7(8)9;1-6-2-4-7(8)5-3-6;5-3-1-2-4(6)7-3;/h6-15,27H,16-17H2,1-5H3;5-14,26H,15-16H2,1-4H3,(H,32,33);3-5H,6,10H2,1-2H3;2-5H,1H3;2-5,8H,1H3;1-2H;1H4/t27?,29-;26?,28-;;;;;/m11...../s1. The number of halogens is 3. The number of benzene rings is 9. The maximum absolute atomic E-state index is 14.4.